The van der Waals surface area contributed by atoms with Crippen molar-refractivity contribution in [3.63, 3.8) is 0 Å². The Morgan fingerprint density at radius 2 is 1.97 bits per heavy atom. The van der Waals surface area contributed by atoms with Crippen LogP contribution in [0.2, 0.25) is 0 Å². The maximum Gasteiger partial charge on any atom is 0.231 e. The highest BCUT2D eigenvalue weighted by molar-refractivity contribution is 7.65. The van der Waals surface area contributed by atoms with Gasteiger partial charge < -0.3 is 30.2 Å². The van der Waals surface area contributed by atoms with E-state index in [2.05, 4.69) is 50.1 Å². The van der Waals surface area contributed by atoms with Crippen LogP contribution >= 0.6 is 7.92 Å². The molecule has 1 atom stereocenters. The second-order valence-corrected chi connectivity index (χ2v) is 11.8. The molecule has 35 heavy (non-hydrogen) atoms. The van der Waals surface area contributed by atoms with Crippen LogP contribution in [0, 0.1) is 11.3 Å². The van der Waals surface area contributed by atoms with E-state index in [-0.39, 0.29) is 19.9 Å². The van der Waals surface area contributed by atoms with Crippen molar-refractivity contribution in [2.24, 2.45) is 0 Å². The minimum Gasteiger partial charge on any atom is -0.495 e. The van der Waals surface area contributed by atoms with Crippen LogP contribution in [0.4, 0.5) is 23.3 Å². The van der Waals surface area contributed by atoms with Gasteiger partial charge in [-0.05, 0) is 29.8 Å². The second kappa shape index (κ2) is 9.75. The molecule has 0 aliphatic carbocycles. The zero-order valence-corrected chi connectivity index (χ0v) is 20.7. The molecule has 11 heteroatoms. The summed E-state index contributed by atoms with van der Waals surface area (Å²) >= 11 is 0. The number of methoxy groups -OCH3 is 1. The smallest absolute Gasteiger partial charge is 0.231 e. The van der Waals surface area contributed by atoms with Crippen LogP contribution in [-0.4, -0.2) is 92.4 Å². The summed E-state index contributed by atoms with van der Waals surface area (Å²) in [5.74, 6) is 2.35. The molecule has 2 aromatic rings. The number of benzene rings is 1. The lowest BCUT2D eigenvalue weighted by molar-refractivity contribution is -0.0617. The van der Waals surface area contributed by atoms with E-state index in [1.165, 1.54) is 17.6 Å². The zero-order valence-electron chi connectivity index (χ0n) is 19.8. The summed E-state index contributed by atoms with van der Waals surface area (Å²) in [7, 11) is 1.50. The summed E-state index contributed by atoms with van der Waals surface area (Å²) in [6.07, 6.45) is 2.42. The minimum atomic E-state index is -0.276. The van der Waals surface area contributed by atoms with Gasteiger partial charge in [-0.3, -0.25) is 4.90 Å². The number of nitriles is 1. The number of fused-ring (bicyclic) bond motifs is 1. The first-order valence-corrected chi connectivity index (χ1v) is 13.8. The molecule has 1 aromatic carbocycles. The summed E-state index contributed by atoms with van der Waals surface area (Å²) in [4.78, 5) is 12.0. The first-order valence-electron chi connectivity index (χ1n) is 12.1. The lowest BCUT2D eigenvalue weighted by Gasteiger charge is -2.41. The molecule has 0 spiro atoms. The monoisotopic (exact) mass is 495 g/mol. The fraction of sp³-hybridized carbons (Fsp3) is 0.542. The average Bonchev–Trinajstić information content (AvgIpc) is 3.24. The predicted octanol–water partition coefficient (Wildman–Crippen LogP) is 1.89. The Kier molecular flexibility index (Phi) is 6.33. The SMILES string of the molecule is COc1cc(P2CCN(C3COC3)CC2)ccc1Nc1nc2c(c(NC3COC3)n1)C(C#N)CN2. The molecule has 0 bridgehead atoms. The lowest BCUT2D eigenvalue weighted by atomic mass is 10.1. The summed E-state index contributed by atoms with van der Waals surface area (Å²) in [5, 5.41) is 21.0. The molecule has 5 heterocycles. The number of ether oxygens (including phenoxy) is 3. The Labute approximate surface area is 206 Å². The van der Waals surface area contributed by atoms with Crippen molar-refractivity contribution in [2.75, 3.05) is 81.4 Å². The lowest BCUT2D eigenvalue weighted by Crippen LogP contribution is -2.52. The number of hydrogen-bond donors (Lipinski definition) is 3. The van der Waals surface area contributed by atoms with Crippen LogP contribution < -0.4 is 26.0 Å². The average molecular weight is 496 g/mol. The fourth-order valence-electron chi connectivity index (χ4n) is 4.90. The van der Waals surface area contributed by atoms with Crippen molar-refractivity contribution in [3.05, 3.63) is 23.8 Å². The van der Waals surface area contributed by atoms with Crippen molar-refractivity contribution in [1.29, 1.82) is 5.26 Å². The maximum absolute atomic E-state index is 9.57. The Bertz CT molecular complexity index is 1130. The quantitative estimate of drug-likeness (QED) is 0.492. The standard InChI is InChI=1S/C24H30N7O3P/c1-32-20-8-18(35-6-4-31(5-7-35)17-13-34-14-17)2-3-19(20)28-24-29-22-21(15(9-25)10-26-22)23(30-24)27-16-11-33-12-16/h2-3,8,15-17H,4-7,10-14H2,1H3,(H3,26,27,28,29,30). The molecule has 184 valence electrons. The highest BCUT2D eigenvalue weighted by atomic mass is 31.1. The van der Waals surface area contributed by atoms with E-state index in [0.29, 0.717) is 43.4 Å². The molecule has 6 rings (SSSR count). The van der Waals surface area contributed by atoms with Crippen molar-refractivity contribution in [1.82, 2.24) is 14.9 Å². The highest BCUT2D eigenvalue weighted by Gasteiger charge is 2.32. The van der Waals surface area contributed by atoms with Gasteiger partial charge in [-0.2, -0.15) is 15.2 Å². The van der Waals surface area contributed by atoms with E-state index < -0.39 is 0 Å². The fourth-order valence-corrected chi connectivity index (χ4v) is 7.23. The maximum atomic E-state index is 9.57. The van der Waals surface area contributed by atoms with E-state index in [1.807, 2.05) is 0 Å². The van der Waals surface area contributed by atoms with E-state index in [0.717, 1.165) is 43.3 Å². The number of aromatic nitrogens is 2. The first kappa shape index (κ1) is 22.7. The number of anilines is 4. The molecule has 3 fully saturated rings. The number of rotatable bonds is 7. The van der Waals surface area contributed by atoms with Gasteiger partial charge in [0.2, 0.25) is 5.95 Å². The third kappa shape index (κ3) is 4.50. The molecular weight excluding hydrogens is 465 g/mol. The zero-order chi connectivity index (χ0) is 23.8. The van der Waals surface area contributed by atoms with Crippen LogP contribution in [-0.2, 0) is 9.47 Å². The van der Waals surface area contributed by atoms with Gasteiger partial charge in [0.25, 0.3) is 0 Å². The third-order valence-electron chi connectivity index (χ3n) is 7.15. The van der Waals surface area contributed by atoms with Crippen LogP contribution in [0.3, 0.4) is 0 Å². The van der Waals surface area contributed by atoms with Gasteiger partial charge in [-0.15, -0.1) is 0 Å². The molecule has 4 aliphatic heterocycles. The molecule has 10 nitrogen and oxygen atoms in total. The van der Waals surface area contributed by atoms with Gasteiger partial charge in [-0.25, -0.2) is 0 Å². The molecule has 0 saturated carbocycles. The summed E-state index contributed by atoms with van der Waals surface area (Å²) < 4.78 is 16.4. The Morgan fingerprint density at radius 1 is 1.17 bits per heavy atom. The second-order valence-electron chi connectivity index (χ2n) is 9.32. The topological polar surface area (TPSA) is 117 Å². The summed E-state index contributed by atoms with van der Waals surface area (Å²) in [6.45, 7) is 5.86. The predicted molar refractivity (Wildman–Crippen MR) is 136 cm³/mol. The molecule has 0 amide bonds. The normalized spacial score (nSPS) is 22.9. The Hall–Kier alpha value is -2.70. The minimum absolute atomic E-state index is 0.196. The van der Waals surface area contributed by atoms with Crippen molar-refractivity contribution < 1.29 is 14.2 Å². The van der Waals surface area contributed by atoms with Crippen LogP contribution in [0.25, 0.3) is 0 Å². The molecule has 3 N–H and O–H groups in total. The molecule has 3 saturated heterocycles. The van der Waals surface area contributed by atoms with Gasteiger partial charge >= 0.3 is 0 Å². The van der Waals surface area contributed by atoms with Gasteiger partial charge in [0.15, 0.2) is 0 Å². The van der Waals surface area contributed by atoms with Gasteiger partial charge in [-0.1, -0.05) is 14.0 Å². The largest absolute Gasteiger partial charge is 0.495 e. The Morgan fingerprint density at radius 3 is 2.63 bits per heavy atom. The summed E-state index contributed by atoms with van der Waals surface area (Å²) in [5.41, 5.74) is 1.65. The number of hydrogen-bond acceptors (Lipinski definition) is 10. The number of nitrogens with zero attached hydrogens (tertiary/aromatic N) is 4. The van der Waals surface area contributed by atoms with Crippen LogP contribution in [0.15, 0.2) is 18.2 Å². The summed E-state index contributed by atoms with van der Waals surface area (Å²) in [6, 6.07) is 9.61. The van der Waals surface area contributed by atoms with Crippen molar-refractivity contribution in [2.45, 2.75) is 18.0 Å². The van der Waals surface area contributed by atoms with E-state index in [4.69, 9.17) is 19.2 Å². The van der Waals surface area contributed by atoms with E-state index in [1.54, 1.807) is 7.11 Å². The number of nitrogens with one attached hydrogen (secondary N) is 3. The molecule has 0 radical (unpaired) electrons. The van der Waals surface area contributed by atoms with Crippen molar-refractivity contribution >= 4 is 36.5 Å². The van der Waals surface area contributed by atoms with Gasteiger partial charge in [0.05, 0.1) is 68.9 Å². The van der Waals surface area contributed by atoms with E-state index in [9.17, 15) is 5.26 Å². The highest BCUT2D eigenvalue weighted by Crippen LogP contribution is 2.41. The van der Waals surface area contributed by atoms with Gasteiger partial charge in [0.1, 0.15) is 17.4 Å². The van der Waals surface area contributed by atoms with E-state index >= 15 is 0 Å². The van der Waals surface area contributed by atoms with Gasteiger partial charge in [0, 0.05) is 19.6 Å². The third-order valence-corrected chi connectivity index (χ3v) is 9.64. The molecule has 4 aliphatic rings. The van der Waals surface area contributed by atoms with Crippen LogP contribution in [0.5, 0.6) is 5.75 Å². The first-order chi connectivity index (χ1) is 17.2. The molecule has 1 unspecified atom stereocenters. The van der Waals surface area contributed by atoms with Crippen molar-refractivity contribution in [3.8, 4) is 11.8 Å². The molecule has 1 aromatic heterocycles. The Balaban J connectivity index is 1.20. The van der Waals surface area contributed by atoms with Crippen LogP contribution in [0.1, 0.15) is 11.5 Å². The molecular formula is C24H30N7O3P.